The average molecular weight is 309 g/mol. The Hall–Kier alpha value is -0.0800. The van der Waals surface area contributed by atoms with E-state index in [-0.39, 0.29) is 18.3 Å². The lowest BCUT2D eigenvalue weighted by Gasteiger charge is -2.60. The fourth-order valence-electron chi connectivity index (χ4n) is 6.17. The van der Waals surface area contributed by atoms with Crippen molar-refractivity contribution in [3.8, 4) is 0 Å². The Bertz CT molecular complexity index is 405. The van der Waals surface area contributed by atoms with Gasteiger partial charge in [-0.25, -0.2) is 0 Å². The molecule has 0 amide bonds. The Kier molecular flexibility index (Phi) is 4.40. The van der Waals surface area contributed by atoms with Gasteiger partial charge < -0.3 is 9.84 Å². The zero-order chi connectivity index (χ0) is 16.0. The van der Waals surface area contributed by atoms with Crippen molar-refractivity contribution in [2.75, 3.05) is 6.61 Å². The molecule has 0 aliphatic heterocycles. The molecule has 0 radical (unpaired) electrons. The third-order valence-corrected chi connectivity index (χ3v) is 7.29. The molecular formula is C20H36O2. The van der Waals surface area contributed by atoms with Crippen LogP contribution in [0.2, 0.25) is 0 Å². The van der Waals surface area contributed by atoms with Crippen molar-refractivity contribution in [1.82, 2.24) is 0 Å². The third kappa shape index (κ3) is 2.75. The zero-order valence-corrected chi connectivity index (χ0v) is 15.2. The predicted molar refractivity (Wildman–Crippen MR) is 90.8 cm³/mol. The van der Waals surface area contributed by atoms with Crippen LogP contribution in [-0.2, 0) is 4.74 Å². The van der Waals surface area contributed by atoms with Crippen molar-refractivity contribution < 1.29 is 9.84 Å². The van der Waals surface area contributed by atoms with Crippen LogP contribution in [0.4, 0.5) is 0 Å². The molecule has 0 spiro atoms. The van der Waals surface area contributed by atoms with Crippen molar-refractivity contribution >= 4 is 0 Å². The van der Waals surface area contributed by atoms with E-state index in [4.69, 9.17) is 4.74 Å². The van der Waals surface area contributed by atoms with Gasteiger partial charge in [-0.15, -0.1) is 0 Å². The van der Waals surface area contributed by atoms with Crippen LogP contribution >= 0.6 is 0 Å². The fraction of sp³-hybridized carbons (Fsp3) is 1.00. The number of ether oxygens (including phenoxy) is 1. The van der Waals surface area contributed by atoms with E-state index in [0.717, 1.165) is 24.7 Å². The van der Waals surface area contributed by atoms with E-state index in [1.807, 2.05) is 0 Å². The van der Waals surface area contributed by atoms with Crippen molar-refractivity contribution in [2.24, 2.45) is 22.7 Å². The van der Waals surface area contributed by atoms with Crippen LogP contribution in [-0.4, -0.2) is 23.4 Å². The Balaban J connectivity index is 1.87. The summed E-state index contributed by atoms with van der Waals surface area (Å²) in [5.41, 5.74) is 1.03. The minimum atomic E-state index is 0.0508. The summed E-state index contributed by atoms with van der Waals surface area (Å²) in [4.78, 5) is 0. The standard InChI is InChI=1S/C20H36O2/c1-5-7-15(13-21)22-20-10-6-9-19(4,14-20)11-8-16-17(20)12-18(16,2)3/h15-17,21H,5-14H2,1-4H3/t15-,16?,17?,19?,20?/m1/s1. The average Bonchev–Trinajstić information content (AvgIpc) is 2.50. The summed E-state index contributed by atoms with van der Waals surface area (Å²) in [6.07, 6.45) is 11.4. The highest BCUT2D eigenvalue weighted by Gasteiger charge is 2.61. The van der Waals surface area contributed by atoms with Crippen molar-refractivity contribution in [3.63, 3.8) is 0 Å². The quantitative estimate of drug-likeness (QED) is 0.779. The third-order valence-electron chi connectivity index (χ3n) is 7.29. The molecule has 3 aliphatic rings. The van der Waals surface area contributed by atoms with Gasteiger partial charge in [-0.05, 0) is 67.6 Å². The van der Waals surface area contributed by atoms with Crippen LogP contribution in [0, 0.1) is 22.7 Å². The summed E-state index contributed by atoms with van der Waals surface area (Å²) in [5, 5.41) is 9.76. The predicted octanol–water partition coefficient (Wildman–Crippen LogP) is 4.94. The molecule has 0 aromatic rings. The minimum absolute atomic E-state index is 0.0508. The minimum Gasteiger partial charge on any atom is -0.394 e. The molecule has 3 aliphatic carbocycles. The summed E-state index contributed by atoms with van der Waals surface area (Å²) >= 11 is 0. The fourth-order valence-corrected chi connectivity index (χ4v) is 6.17. The highest BCUT2D eigenvalue weighted by Crippen LogP contribution is 2.66. The molecule has 0 aromatic carbocycles. The highest BCUT2D eigenvalue weighted by atomic mass is 16.5. The summed E-state index contributed by atoms with van der Waals surface area (Å²) in [7, 11) is 0. The Morgan fingerprint density at radius 2 is 1.91 bits per heavy atom. The normalized spacial score (nSPS) is 44.6. The molecule has 2 bridgehead atoms. The maximum atomic E-state index is 9.76. The van der Waals surface area contributed by atoms with Crippen molar-refractivity contribution in [2.45, 2.75) is 97.2 Å². The molecule has 22 heavy (non-hydrogen) atoms. The van der Waals surface area contributed by atoms with Gasteiger partial charge in [-0.1, -0.05) is 40.5 Å². The van der Waals surface area contributed by atoms with Crippen LogP contribution in [0.3, 0.4) is 0 Å². The lowest BCUT2D eigenvalue weighted by Crippen LogP contribution is -2.58. The lowest BCUT2D eigenvalue weighted by atomic mass is 9.49. The van der Waals surface area contributed by atoms with E-state index in [9.17, 15) is 5.11 Å². The smallest absolute Gasteiger partial charge is 0.0813 e. The molecule has 128 valence electrons. The molecule has 3 rings (SSSR count). The second-order valence-corrected chi connectivity index (χ2v) is 9.56. The van der Waals surface area contributed by atoms with Gasteiger partial charge in [0.05, 0.1) is 18.3 Å². The molecule has 0 aromatic heterocycles. The van der Waals surface area contributed by atoms with Crippen LogP contribution in [0.1, 0.15) is 85.5 Å². The van der Waals surface area contributed by atoms with Gasteiger partial charge in [-0.3, -0.25) is 0 Å². The molecule has 1 N–H and O–H groups in total. The van der Waals surface area contributed by atoms with Gasteiger partial charge in [0, 0.05) is 0 Å². The number of aliphatic hydroxyl groups is 1. The molecule has 2 nitrogen and oxygen atoms in total. The van der Waals surface area contributed by atoms with E-state index in [2.05, 4.69) is 27.7 Å². The molecule has 4 unspecified atom stereocenters. The molecular weight excluding hydrogens is 272 g/mol. The number of hydrogen-bond acceptors (Lipinski definition) is 2. The van der Waals surface area contributed by atoms with Crippen molar-refractivity contribution in [3.05, 3.63) is 0 Å². The Morgan fingerprint density at radius 3 is 2.55 bits per heavy atom. The van der Waals surface area contributed by atoms with Crippen molar-refractivity contribution in [1.29, 1.82) is 0 Å². The Labute approximate surface area is 137 Å². The van der Waals surface area contributed by atoms with E-state index in [0.29, 0.717) is 10.8 Å². The number of rotatable bonds is 5. The van der Waals surface area contributed by atoms with E-state index in [1.54, 1.807) is 0 Å². The van der Waals surface area contributed by atoms with Crippen LogP contribution in [0.15, 0.2) is 0 Å². The van der Waals surface area contributed by atoms with Gasteiger partial charge in [0.1, 0.15) is 0 Å². The van der Waals surface area contributed by atoms with Crippen LogP contribution in [0.25, 0.3) is 0 Å². The second-order valence-electron chi connectivity index (χ2n) is 9.56. The van der Waals surface area contributed by atoms with E-state index >= 15 is 0 Å². The molecule has 3 fully saturated rings. The summed E-state index contributed by atoms with van der Waals surface area (Å²) in [6.45, 7) is 9.78. The first-order chi connectivity index (χ1) is 10.3. The van der Waals surface area contributed by atoms with Gasteiger partial charge in [0.25, 0.3) is 0 Å². The highest BCUT2D eigenvalue weighted by molar-refractivity contribution is 5.11. The SMILES string of the molecule is CCC[C@H](CO)OC12CCCC(C)(CCC3C1CC3(C)C)C2. The maximum Gasteiger partial charge on any atom is 0.0813 e. The summed E-state index contributed by atoms with van der Waals surface area (Å²) < 4.78 is 6.76. The van der Waals surface area contributed by atoms with Gasteiger partial charge >= 0.3 is 0 Å². The first kappa shape index (κ1) is 16.8. The van der Waals surface area contributed by atoms with Crippen LogP contribution < -0.4 is 0 Å². The molecule has 0 saturated heterocycles. The first-order valence-electron chi connectivity index (χ1n) is 9.63. The summed E-state index contributed by atoms with van der Waals surface area (Å²) in [5.74, 6) is 1.56. The Morgan fingerprint density at radius 1 is 1.14 bits per heavy atom. The van der Waals surface area contributed by atoms with Gasteiger partial charge in [-0.2, -0.15) is 0 Å². The monoisotopic (exact) mass is 308 g/mol. The molecule has 3 saturated carbocycles. The molecule has 0 heterocycles. The van der Waals surface area contributed by atoms with Gasteiger partial charge in [0.2, 0.25) is 0 Å². The zero-order valence-electron chi connectivity index (χ0n) is 15.2. The molecule has 2 heteroatoms. The molecule has 5 atom stereocenters. The maximum absolute atomic E-state index is 9.76. The number of fused-ring (bicyclic) bond motifs is 4. The first-order valence-corrected chi connectivity index (χ1v) is 9.63. The lowest BCUT2D eigenvalue weighted by molar-refractivity contribution is -0.220. The van der Waals surface area contributed by atoms with E-state index < -0.39 is 0 Å². The van der Waals surface area contributed by atoms with Crippen LogP contribution in [0.5, 0.6) is 0 Å². The van der Waals surface area contributed by atoms with E-state index in [1.165, 1.54) is 44.9 Å². The second kappa shape index (κ2) is 5.77. The number of aliphatic hydroxyl groups excluding tert-OH is 1. The summed E-state index contributed by atoms with van der Waals surface area (Å²) in [6, 6.07) is 0. The topological polar surface area (TPSA) is 29.5 Å². The largest absolute Gasteiger partial charge is 0.394 e. The van der Waals surface area contributed by atoms with Gasteiger partial charge in [0.15, 0.2) is 0 Å². The number of hydrogen-bond donors (Lipinski definition) is 1.